The molecule has 25 heavy (non-hydrogen) atoms. The predicted octanol–water partition coefficient (Wildman–Crippen LogP) is 4.90. The van der Waals surface area contributed by atoms with Gasteiger partial charge in [-0.05, 0) is 38.0 Å². The molecule has 0 fully saturated rings. The molecule has 5 heteroatoms. The van der Waals surface area contributed by atoms with Gasteiger partial charge in [0.2, 0.25) is 5.95 Å². The standard InChI is InChI=1S/C20H21FN4/c1-13-7-6-8-14(2)19(13)24-18-11-15(3)23-20(25-18)22-12-16-9-4-5-10-17(16)21/h4-11H,12H2,1-3H3,(H2,22,23,24,25). The number of nitrogens with one attached hydrogen (secondary N) is 2. The summed E-state index contributed by atoms with van der Waals surface area (Å²) in [6.07, 6.45) is 0. The van der Waals surface area contributed by atoms with Gasteiger partial charge in [0.25, 0.3) is 0 Å². The van der Waals surface area contributed by atoms with Gasteiger partial charge in [0.05, 0.1) is 0 Å². The Morgan fingerprint density at radius 2 is 1.64 bits per heavy atom. The normalized spacial score (nSPS) is 10.6. The Bertz CT molecular complexity index is 872. The van der Waals surface area contributed by atoms with Crippen molar-refractivity contribution in [3.8, 4) is 0 Å². The molecule has 0 radical (unpaired) electrons. The van der Waals surface area contributed by atoms with E-state index >= 15 is 0 Å². The van der Waals surface area contributed by atoms with Crippen LogP contribution >= 0.6 is 0 Å². The highest BCUT2D eigenvalue weighted by Gasteiger charge is 2.07. The second kappa shape index (κ2) is 7.30. The van der Waals surface area contributed by atoms with Crippen molar-refractivity contribution in [3.05, 3.63) is 76.7 Å². The molecule has 0 bridgehead atoms. The maximum Gasteiger partial charge on any atom is 0.225 e. The molecule has 4 nitrogen and oxygen atoms in total. The second-order valence-electron chi connectivity index (χ2n) is 6.05. The smallest absolute Gasteiger partial charge is 0.225 e. The molecular formula is C20H21FN4. The number of hydrogen-bond acceptors (Lipinski definition) is 4. The van der Waals surface area contributed by atoms with Gasteiger partial charge in [-0.1, -0.05) is 36.4 Å². The molecule has 0 saturated heterocycles. The molecular weight excluding hydrogens is 315 g/mol. The van der Waals surface area contributed by atoms with E-state index in [1.807, 2.05) is 25.1 Å². The molecule has 128 valence electrons. The Balaban J connectivity index is 1.80. The first-order chi connectivity index (χ1) is 12.0. The van der Waals surface area contributed by atoms with E-state index in [0.29, 0.717) is 23.9 Å². The molecule has 2 N–H and O–H groups in total. The zero-order valence-electron chi connectivity index (χ0n) is 14.6. The Labute approximate surface area is 147 Å². The van der Waals surface area contributed by atoms with Crippen molar-refractivity contribution in [3.63, 3.8) is 0 Å². The van der Waals surface area contributed by atoms with Crippen molar-refractivity contribution in [2.75, 3.05) is 10.6 Å². The van der Waals surface area contributed by atoms with E-state index < -0.39 is 0 Å². The van der Waals surface area contributed by atoms with Crippen molar-refractivity contribution in [2.24, 2.45) is 0 Å². The molecule has 0 spiro atoms. The van der Waals surface area contributed by atoms with Crippen LogP contribution in [0.15, 0.2) is 48.5 Å². The van der Waals surface area contributed by atoms with Crippen LogP contribution in [0.2, 0.25) is 0 Å². The fourth-order valence-corrected chi connectivity index (χ4v) is 2.67. The van der Waals surface area contributed by atoms with Crippen molar-refractivity contribution in [1.29, 1.82) is 0 Å². The zero-order chi connectivity index (χ0) is 17.8. The first-order valence-electron chi connectivity index (χ1n) is 8.19. The monoisotopic (exact) mass is 336 g/mol. The van der Waals surface area contributed by atoms with E-state index in [-0.39, 0.29) is 5.82 Å². The molecule has 1 aromatic heterocycles. The van der Waals surface area contributed by atoms with Gasteiger partial charge >= 0.3 is 0 Å². The Morgan fingerprint density at radius 3 is 2.36 bits per heavy atom. The average molecular weight is 336 g/mol. The summed E-state index contributed by atoms with van der Waals surface area (Å²) in [5.41, 5.74) is 4.76. The van der Waals surface area contributed by atoms with Gasteiger partial charge < -0.3 is 10.6 Å². The average Bonchev–Trinajstić information content (AvgIpc) is 2.57. The van der Waals surface area contributed by atoms with Gasteiger partial charge in [0.15, 0.2) is 0 Å². The Kier molecular flexibility index (Phi) is 4.93. The number of aromatic nitrogens is 2. The molecule has 0 atom stereocenters. The predicted molar refractivity (Wildman–Crippen MR) is 99.7 cm³/mol. The first kappa shape index (κ1) is 16.9. The number of hydrogen-bond donors (Lipinski definition) is 2. The minimum Gasteiger partial charge on any atom is -0.350 e. The number of benzene rings is 2. The third-order valence-corrected chi connectivity index (χ3v) is 3.98. The van der Waals surface area contributed by atoms with E-state index in [9.17, 15) is 4.39 Å². The number of aryl methyl sites for hydroxylation is 3. The minimum absolute atomic E-state index is 0.239. The molecule has 0 aliphatic carbocycles. The fourth-order valence-electron chi connectivity index (χ4n) is 2.67. The van der Waals surface area contributed by atoms with Gasteiger partial charge in [-0.15, -0.1) is 0 Å². The van der Waals surface area contributed by atoms with Crippen LogP contribution in [0.4, 0.5) is 21.8 Å². The molecule has 3 rings (SSSR count). The van der Waals surface area contributed by atoms with Gasteiger partial charge in [0, 0.05) is 29.6 Å². The van der Waals surface area contributed by atoms with Crippen molar-refractivity contribution < 1.29 is 4.39 Å². The summed E-state index contributed by atoms with van der Waals surface area (Å²) < 4.78 is 13.7. The highest BCUT2D eigenvalue weighted by molar-refractivity contribution is 5.65. The SMILES string of the molecule is Cc1cc(Nc2c(C)cccc2C)nc(NCc2ccccc2F)n1. The number of para-hydroxylation sites is 1. The van der Waals surface area contributed by atoms with Crippen LogP contribution < -0.4 is 10.6 Å². The summed E-state index contributed by atoms with van der Waals surface area (Å²) in [6.45, 7) is 6.35. The van der Waals surface area contributed by atoms with Crippen LogP contribution in [-0.2, 0) is 6.54 Å². The topological polar surface area (TPSA) is 49.8 Å². The van der Waals surface area contributed by atoms with Gasteiger partial charge in [0.1, 0.15) is 11.6 Å². The van der Waals surface area contributed by atoms with E-state index in [1.54, 1.807) is 12.1 Å². The summed E-state index contributed by atoms with van der Waals surface area (Å²) in [4.78, 5) is 8.88. The fraction of sp³-hybridized carbons (Fsp3) is 0.200. The van der Waals surface area contributed by atoms with Crippen LogP contribution in [0.5, 0.6) is 0 Å². The maximum absolute atomic E-state index is 13.7. The van der Waals surface area contributed by atoms with Crippen LogP contribution in [0.1, 0.15) is 22.4 Å². The van der Waals surface area contributed by atoms with Gasteiger partial charge in [-0.3, -0.25) is 0 Å². The lowest BCUT2D eigenvalue weighted by atomic mass is 10.1. The quantitative estimate of drug-likeness (QED) is 0.696. The van der Waals surface area contributed by atoms with Crippen LogP contribution in [0.3, 0.4) is 0 Å². The summed E-state index contributed by atoms with van der Waals surface area (Å²) >= 11 is 0. The Morgan fingerprint density at radius 1 is 0.920 bits per heavy atom. The molecule has 0 aliphatic rings. The van der Waals surface area contributed by atoms with Crippen molar-refractivity contribution in [1.82, 2.24) is 9.97 Å². The molecule has 3 aromatic rings. The second-order valence-corrected chi connectivity index (χ2v) is 6.05. The van der Waals surface area contributed by atoms with Crippen molar-refractivity contribution >= 4 is 17.5 Å². The number of halogens is 1. The lowest BCUT2D eigenvalue weighted by molar-refractivity contribution is 0.612. The lowest BCUT2D eigenvalue weighted by Crippen LogP contribution is -2.08. The van der Waals surface area contributed by atoms with Crippen LogP contribution in [0.25, 0.3) is 0 Å². The largest absolute Gasteiger partial charge is 0.350 e. The summed E-state index contributed by atoms with van der Waals surface area (Å²) in [6, 6.07) is 14.7. The summed E-state index contributed by atoms with van der Waals surface area (Å²) in [5.74, 6) is 0.939. The zero-order valence-corrected chi connectivity index (χ0v) is 14.6. The molecule has 0 amide bonds. The third kappa shape index (κ3) is 4.12. The van der Waals surface area contributed by atoms with Crippen molar-refractivity contribution in [2.45, 2.75) is 27.3 Å². The molecule has 0 unspecified atom stereocenters. The summed E-state index contributed by atoms with van der Waals surface area (Å²) in [7, 11) is 0. The number of rotatable bonds is 5. The van der Waals surface area contributed by atoms with E-state index in [4.69, 9.17) is 0 Å². The highest BCUT2D eigenvalue weighted by atomic mass is 19.1. The van der Waals surface area contributed by atoms with Gasteiger partial charge in [-0.2, -0.15) is 4.98 Å². The van der Waals surface area contributed by atoms with Crippen LogP contribution in [-0.4, -0.2) is 9.97 Å². The molecule has 0 aliphatic heterocycles. The lowest BCUT2D eigenvalue weighted by Gasteiger charge is -2.14. The van der Waals surface area contributed by atoms with E-state index in [0.717, 1.165) is 22.5 Å². The van der Waals surface area contributed by atoms with E-state index in [2.05, 4.69) is 46.6 Å². The molecule has 2 aromatic carbocycles. The summed E-state index contributed by atoms with van der Waals surface area (Å²) in [5, 5.41) is 6.46. The highest BCUT2D eigenvalue weighted by Crippen LogP contribution is 2.24. The van der Waals surface area contributed by atoms with Crippen LogP contribution in [0, 0.1) is 26.6 Å². The first-order valence-corrected chi connectivity index (χ1v) is 8.19. The third-order valence-electron chi connectivity index (χ3n) is 3.98. The Hall–Kier alpha value is -2.95. The van der Waals surface area contributed by atoms with Gasteiger partial charge in [-0.25, -0.2) is 9.37 Å². The van der Waals surface area contributed by atoms with E-state index in [1.165, 1.54) is 6.07 Å². The number of anilines is 3. The molecule has 1 heterocycles. The molecule has 0 saturated carbocycles. The number of nitrogens with zero attached hydrogens (tertiary/aromatic N) is 2. The maximum atomic E-state index is 13.7. The minimum atomic E-state index is -0.239.